The molecule has 1 aromatic heterocycles. The summed E-state index contributed by atoms with van der Waals surface area (Å²) in [6.45, 7) is 2.58. The van der Waals surface area contributed by atoms with Gasteiger partial charge >= 0.3 is 0 Å². The van der Waals surface area contributed by atoms with Crippen molar-refractivity contribution in [2.45, 2.75) is 51.5 Å². The number of pyridine rings is 1. The number of Topliss-reactive ketones (excluding diaryl/α,β-unsaturated/α-hetero) is 1. The molecule has 0 amide bonds. The zero-order valence-electron chi connectivity index (χ0n) is 20.5. The number of hydrogen-bond donors (Lipinski definition) is 2. The summed E-state index contributed by atoms with van der Waals surface area (Å²) in [5, 5.41) is 8.15. The summed E-state index contributed by atoms with van der Waals surface area (Å²) in [5.41, 5.74) is 4.20. The first-order chi connectivity index (χ1) is 17.4. The van der Waals surface area contributed by atoms with Gasteiger partial charge in [-0.05, 0) is 93.3 Å². The van der Waals surface area contributed by atoms with Crippen LogP contribution >= 0.6 is 11.6 Å². The minimum Gasteiger partial charge on any atom is -0.381 e. The highest BCUT2D eigenvalue weighted by Crippen LogP contribution is 2.39. The van der Waals surface area contributed by atoms with Crippen LogP contribution in [0.4, 0.5) is 14.5 Å². The van der Waals surface area contributed by atoms with Crippen LogP contribution in [0.5, 0.6) is 0 Å². The molecule has 36 heavy (non-hydrogen) atoms. The molecule has 5 rings (SSSR count). The van der Waals surface area contributed by atoms with Gasteiger partial charge in [0.25, 0.3) is 0 Å². The number of anilines is 1. The van der Waals surface area contributed by atoms with E-state index in [1.165, 1.54) is 6.07 Å². The Labute approximate surface area is 215 Å². The molecule has 0 unspecified atom stereocenters. The standard InChI is InChI=1S/C29H32ClF2N3O/c1-17-25(30)13-21(14-26(17)32)20-6-9-27-23(12-20)28(24(16-34-27)29(36)19-4-5-19)35-22-7-2-18(3-8-22)15-33-11-10-31/h6,9,12-14,16,18-19,22,33H,2-5,7-8,10-11,15H2,1H3,(H,34,35). The lowest BCUT2D eigenvalue weighted by molar-refractivity contribution is 0.0968. The number of ketones is 1. The molecule has 2 saturated carbocycles. The van der Waals surface area contributed by atoms with Crippen molar-refractivity contribution in [3.05, 3.63) is 58.5 Å². The first-order valence-electron chi connectivity index (χ1n) is 12.9. The van der Waals surface area contributed by atoms with Crippen LogP contribution in [0.25, 0.3) is 22.0 Å². The number of alkyl halides is 1. The number of nitrogens with one attached hydrogen (secondary N) is 2. The molecule has 0 bridgehead atoms. The minimum atomic E-state index is -0.343. The van der Waals surface area contributed by atoms with Crippen LogP contribution in [0, 0.1) is 24.6 Å². The molecule has 0 saturated heterocycles. The fourth-order valence-electron chi connectivity index (χ4n) is 5.18. The van der Waals surface area contributed by atoms with E-state index in [1.54, 1.807) is 19.2 Å². The first-order valence-corrected chi connectivity index (χ1v) is 13.3. The van der Waals surface area contributed by atoms with Gasteiger partial charge in [0.05, 0.1) is 16.8 Å². The fraction of sp³-hybridized carbons (Fsp3) is 0.448. The molecule has 7 heteroatoms. The maximum atomic E-state index is 14.4. The number of fused-ring (bicyclic) bond motifs is 1. The largest absolute Gasteiger partial charge is 0.381 e. The SMILES string of the molecule is Cc1c(F)cc(-c2ccc3ncc(C(=O)C4CC4)c(NC4CCC(CNCCF)CC4)c3c2)cc1Cl. The molecular weight excluding hydrogens is 480 g/mol. The maximum Gasteiger partial charge on any atom is 0.169 e. The monoisotopic (exact) mass is 511 g/mol. The first kappa shape index (κ1) is 25.1. The molecule has 1 heterocycles. The van der Waals surface area contributed by atoms with Crippen LogP contribution < -0.4 is 10.6 Å². The predicted molar refractivity (Wildman–Crippen MR) is 142 cm³/mol. The van der Waals surface area contributed by atoms with Gasteiger partial charge < -0.3 is 10.6 Å². The van der Waals surface area contributed by atoms with E-state index in [2.05, 4.69) is 15.6 Å². The van der Waals surface area contributed by atoms with Crippen LogP contribution in [0.3, 0.4) is 0 Å². The van der Waals surface area contributed by atoms with E-state index in [1.807, 2.05) is 18.2 Å². The highest BCUT2D eigenvalue weighted by atomic mass is 35.5. The number of aromatic nitrogens is 1. The molecule has 2 aromatic carbocycles. The van der Waals surface area contributed by atoms with Gasteiger partial charge in [0.2, 0.25) is 0 Å². The third-order valence-electron chi connectivity index (χ3n) is 7.60. The third-order valence-corrected chi connectivity index (χ3v) is 7.99. The highest BCUT2D eigenvalue weighted by Gasteiger charge is 2.33. The second-order valence-electron chi connectivity index (χ2n) is 10.2. The van der Waals surface area contributed by atoms with E-state index in [9.17, 15) is 13.6 Å². The molecule has 0 atom stereocenters. The molecule has 0 spiro atoms. The molecule has 0 radical (unpaired) electrons. The normalized spacial score (nSPS) is 20.0. The Bertz CT molecular complexity index is 1250. The lowest BCUT2D eigenvalue weighted by Crippen LogP contribution is -2.32. The second kappa shape index (κ2) is 10.8. The number of rotatable bonds is 9. The van der Waals surface area contributed by atoms with Gasteiger partial charge in [-0.15, -0.1) is 0 Å². The average Bonchev–Trinajstić information content (AvgIpc) is 3.73. The number of carbonyl (C=O) groups is 1. The Morgan fingerprint density at radius 2 is 1.86 bits per heavy atom. The van der Waals surface area contributed by atoms with E-state index in [0.717, 1.165) is 67.2 Å². The Hall–Kier alpha value is -2.57. The molecule has 190 valence electrons. The van der Waals surface area contributed by atoms with Crippen LogP contribution in [0.15, 0.2) is 36.5 Å². The van der Waals surface area contributed by atoms with Crippen LogP contribution in [0.2, 0.25) is 5.02 Å². The summed E-state index contributed by atoms with van der Waals surface area (Å²) >= 11 is 6.28. The number of hydrogen-bond acceptors (Lipinski definition) is 4. The lowest BCUT2D eigenvalue weighted by atomic mass is 9.85. The van der Waals surface area contributed by atoms with E-state index in [0.29, 0.717) is 34.2 Å². The van der Waals surface area contributed by atoms with Gasteiger partial charge in [-0.25, -0.2) is 8.78 Å². The second-order valence-corrected chi connectivity index (χ2v) is 10.6. The molecule has 3 aromatic rings. The van der Waals surface area contributed by atoms with E-state index in [-0.39, 0.29) is 30.2 Å². The Balaban J connectivity index is 1.47. The summed E-state index contributed by atoms with van der Waals surface area (Å²) in [5.74, 6) is 0.426. The molecule has 2 aliphatic rings. The Morgan fingerprint density at radius 1 is 1.08 bits per heavy atom. The molecule has 2 fully saturated rings. The Kier molecular flexibility index (Phi) is 7.54. The summed E-state index contributed by atoms with van der Waals surface area (Å²) in [6.07, 6.45) is 7.64. The summed E-state index contributed by atoms with van der Waals surface area (Å²) in [4.78, 5) is 17.8. The van der Waals surface area contributed by atoms with Gasteiger partial charge in [-0.3, -0.25) is 9.78 Å². The number of benzene rings is 2. The van der Waals surface area contributed by atoms with Crippen molar-refractivity contribution in [3.8, 4) is 11.1 Å². The van der Waals surface area contributed by atoms with Crippen molar-refractivity contribution < 1.29 is 13.6 Å². The third kappa shape index (κ3) is 5.40. The number of carbonyl (C=O) groups excluding carboxylic acids is 1. The maximum absolute atomic E-state index is 14.4. The van der Waals surface area contributed by atoms with E-state index in [4.69, 9.17) is 11.6 Å². The summed E-state index contributed by atoms with van der Waals surface area (Å²) in [7, 11) is 0. The summed E-state index contributed by atoms with van der Waals surface area (Å²) < 4.78 is 26.9. The van der Waals surface area contributed by atoms with Crippen molar-refractivity contribution in [1.82, 2.24) is 10.3 Å². The quantitative estimate of drug-likeness (QED) is 0.237. The smallest absolute Gasteiger partial charge is 0.169 e. The average molecular weight is 512 g/mol. The zero-order chi connectivity index (χ0) is 25.2. The van der Waals surface area contributed by atoms with Crippen molar-refractivity contribution in [1.29, 1.82) is 0 Å². The fourth-order valence-corrected chi connectivity index (χ4v) is 5.39. The van der Waals surface area contributed by atoms with Gasteiger partial charge in [-0.1, -0.05) is 17.7 Å². The number of halogens is 3. The van der Waals surface area contributed by atoms with Crippen molar-refractivity contribution in [3.63, 3.8) is 0 Å². The molecular formula is C29H32ClF2N3O. The van der Waals surface area contributed by atoms with Crippen LogP contribution in [0.1, 0.15) is 54.4 Å². The van der Waals surface area contributed by atoms with E-state index < -0.39 is 0 Å². The Morgan fingerprint density at radius 3 is 2.56 bits per heavy atom. The summed E-state index contributed by atoms with van der Waals surface area (Å²) in [6, 6.07) is 9.34. The van der Waals surface area contributed by atoms with Gasteiger partial charge in [0.1, 0.15) is 12.5 Å². The predicted octanol–water partition coefficient (Wildman–Crippen LogP) is 7.13. The molecule has 2 aliphatic carbocycles. The van der Waals surface area contributed by atoms with Gasteiger partial charge in [0, 0.05) is 40.7 Å². The number of nitrogens with zero attached hydrogens (tertiary/aromatic N) is 1. The molecule has 2 N–H and O–H groups in total. The minimum absolute atomic E-state index is 0.0790. The van der Waals surface area contributed by atoms with E-state index >= 15 is 0 Å². The van der Waals surface area contributed by atoms with Crippen molar-refractivity contribution in [2.24, 2.45) is 11.8 Å². The van der Waals surface area contributed by atoms with Crippen LogP contribution in [-0.2, 0) is 0 Å². The van der Waals surface area contributed by atoms with Crippen molar-refractivity contribution in [2.75, 3.05) is 25.1 Å². The topological polar surface area (TPSA) is 54.0 Å². The van der Waals surface area contributed by atoms with Gasteiger partial charge in [0.15, 0.2) is 5.78 Å². The lowest BCUT2D eigenvalue weighted by Gasteiger charge is -2.31. The highest BCUT2D eigenvalue weighted by molar-refractivity contribution is 6.31. The van der Waals surface area contributed by atoms with Crippen LogP contribution in [-0.4, -0.2) is 36.6 Å². The zero-order valence-corrected chi connectivity index (χ0v) is 21.3. The van der Waals surface area contributed by atoms with Gasteiger partial charge in [-0.2, -0.15) is 0 Å². The molecule has 0 aliphatic heterocycles. The molecule has 4 nitrogen and oxygen atoms in total. The van der Waals surface area contributed by atoms with Crippen molar-refractivity contribution >= 4 is 34.0 Å².